The summed E-state index contributed by atoms with van der Waals surface area (Å²) in [6, 6.07) is 23.3. The van der Waals surface area contributed by atoms with Crippen LogP contribution in [-0.2, 0) is 10.1 Å². The van der Waals surface area contributed by atoms with Crippen LogP contribution in [0.5, 0.6) is 0 Å². The number of hydrogen-bond acceptors (Lipinski definition) is 5. The molecule has 0 saturated carbocycles. The van der Waals surface area contributed by atoms with Gasteiger partial charge in [-0.3, -0.25) is 4.98 Å². The fraction of sp³-hybridized carbons (Fsp3) is 0.185. The number of anilines is 2. The molecule has 0 N–H and O–H groups in total. The monoisotopic (exact) mass is 473 g/mol. The highest BCUT2D eigenvalue weighted by atomic mass is 32.2. The topological polar surface area (TPSA) is 76.3 Å². The van der Waals surface area contributed by atoms with Gasteiger partial charge in [-0.25, -0.2) is 13.0 Å². The van der Waals surface area contributed by atoms with Crippen molar-refractivity contribution in [2.24, 2.45) is 0 Å². The van der Waals surface area contributed by atoms with Gasteiger partial charge in [0.05, 0.1) is 22.0 Å². The van der Waals surface area contributed by atoms with E-state index in [9.17, 15) is 13.0 Å². The summed E-state index contributed by atoms with van der Waals surface area (Å²) in [5.41, 5.74) is 5.57. The number of rotatable bonds is 3. The van der Waals surface area contributed by atoms with Crippen LogP contribution in [0.1, 0.15) is 25.1 Å². The molecular weight excluding hydrogens is 446 g/mol. The molecule has 0 aliphatic carbocycles. The minimum atomic E-state index is -4.27. The molecule has 7 heteroatoms. The van der Waals surface area contributed by atoms with E-state index in [-0.39, 0.29) is 4.90 Å². The van der Waals surface area contributed by atoms with Crippen LogP contribution in [0, 0.1) is 13.8 Å². The van der Waals surface area contributed by atoms with Crippen molar-refractivity contribution in [1.29, 1.82) is 0 Å². The van der Waals surface area contributed by atoms with E-state index in [4.69, 9.17) is 0 Å². The van der Waals surface area contributed by atoms with Gasteiger partial charge in [-0.15, -0.1) is 0 Å². The van der Waals surface area contributed by atoms with Crippen molar-refractivity contribution in [3.8, 4) is 0 Å². The minimum absolute atomic E-state index is 0.178. The maximum absolute atomic E-state index is 10.4. The number of pyridine rings is 1. The van der Waals surface area contributed by atoms with E-state index in [1.54, 1.807) is 12.1 Å². The number of benzene rings is 3. The lowest BCUT2D eigenvalue weighted by atomic mass is 10.0. The van der Waals surface area contributed by atoms with E-state index in [1.165, 1.54) is 34.3 Å². The summed E-state index contributed by atoms with van der Waals surface area (Å²) in [6.07, 6.45) is 4.04. The lowest BCUT2D eigenvalue weighted by Gasteiger charge is -2.25. The molecule has 2 heterocycles. The van der Waals surface area contributed by atoms with Gasteiger partial charge in [0, 0.05) is 6.20 Å². The SMILES string of the molecule is Cc1ccc(S(=O)(=O)[O-])cc1.Cc1ncccc1N1C=[N+](C(C)C)c2cccc3cccc1c23. The van der Waals surface area contributed by atoms with Gasteiger partial charge in [0.15, 0.2) is 5.69 Å². The highest BCUT2D eigenvalue weighted by molar-refractivity contribution is 7.85. The van der Waals surface area contributed by atoms with E-state index in [0.717, 1.165) is 16.9 Å². The molecule has 1 aliphatic heterocycles. The Morgan fingerprint density at radius 1 is 0.882 bits per heavy atom. The molecule has 0 saturated heterocycles. The van der Waals surface area contributed by atoms with Gasteiger partial charge in [-0.05, 0) is 69.5 Å². The van der Waals surface area contributed by atoms with Crippen LogP contribution in [0.2, 0.25) is 0 Å². The Hall–Kier alpha value is -3.55. The maximum Gasteiger partial charge on any atom is 0.250 e. The van der Waals surface area contributed by atoms with E-state index in [0.29, 0.717) is 6.04 Å². The third kappa shape index (κ3) is 4.71. The predicted molar refractivity (Wildman–Crippen MR) is 135 cm³/mol. The summed E-state index contributed by atoms with van der Waals surface area (Å²) >= 11 is 0. The largest absolute Gasteiger partial charge is 0.744 e. The molecule has 1 aliphatic rings. The van der Waals surface area contributed by atoms with Crippen LogP contribution in [0.3, 0.4) is 0 Å². The molecule has 0 radical (unpaired) electrons. The average Bonchev–Trinajstić information content (AvgIpc) is 2.80. The van der Waals surface area contributed by atoms with Crippen LogP contribution >= 0.6 is 0 Å². The Kier molecular flexibility index (Phi) is 6.50. The lowest BCUT2D eigenvalue weighted by molar-refractivity contribution is -0.470. The Bertz CT molecular complexity index is 1470. The standard InChI is InChI=1S/C20H20N3.C7H8O3S/c1-14(2)22-13-23(17-11-6-12-21-15(17)3)19-10-5-8-16-7-4-9-18(22)20(16)19;1-6-2-4-7(5-3-6)11(8,9)10/h4-14H,1-3H3;2-5H,1H3,(H,8,9,10)/q+1;/p-1. The van der Waals surface area contributed by atoms with Crippen LogP contribution in [0.4, 0.5) is 17.1 Å². The van der Waals surface area contributed by atoms with Gasteiger partial charge in [0.1, 0.15) is 21.5 Å². The quantitative estimate of drug-likeness (QED) is 0.283. The van der Waals surface area contributed by atoms with Crippen molar-refractivity contribution in [1.82, 2.24) is 4.98 Å². The van der Waals surface area contributed by atoms with Gasteiger partial charge >= 0.3 is 0 Å². The Morgan fingerprint density at radius 2 is 1.53 bits per heavy atom. The molecule has 0 amide bonds. The van der Waals surface area contributed by atoms with Crippen LogP contribution in [0.15, 0.2) is 83.9 Å². The van der Waals surface area contributed by atoms with Crippen molar-refractivity contribution < 1.29 is 17.5 Å². The molecule has 0 unspecified atom stereocenters. The van der Waals surface area contributed by atoms with Crippen LogP contribution < -0.4 is 4.90 Å². The molecule has 6 nitrogen and oxygen atoms in total. The highest BCUT2D eigenvalue weighted by Crippen LogP contribution is 2.40. The van der Waals surface area contributed by atoms with E-state index < -0.39 is 10.1 Å². The first kappa shape index (κ1) is 23.6. The number of aromatic nitrogens is 1. The third-order valence-electron chi connectivity index (χ3n) is 5.74. The van der Waals surface area contributed by atoms with Crippen LogP contribution in [-0.4, -0.2) is 34.9 Å². The average molecular weight is 474 g/mol. The summed E-state index contributed by atoms with van der Waals surface area (Å²) in [5.74, 6) is 0. The summed E-state index contributed by atoms with van der Waals surface area (Å²) < 4.78 is 33.5. The summed E-state index contributed by atoms with van der Waals surface area (Å²) in [4.78, 5) is 6.55. The fourth-order valence-corrected chi connectivity index (χ4v) is 4.47. The molecule has 174 valence electrons. The first-order valence-electron chi connectivity index (χ1n) is 11.1. The maximum atomic E-state index is 10.4. The highest BCUT2D eigenvalue weighted by Gasteiger charge is 2.29. The summed E-state index contributed by atoms with van der Waals surface area (Å²) in [5, 5.41) is 2.57. The van der Waals surface area contributed by atoms with Crippen molar-refractivity contribution in [3.05, 3.63) is 90.3 Å². The smallest absolute Gasteiger partial charge is 0.250 e. The van der Waals surface area contributed by atoms with Crippen molar-refractivity contribution in [2.45, 2.75) is 38.6 Å². The van der Waals surface area contributed by atoms with Gasteiger partial charge in [0.25, 0.3) is 0 Å². The molecule has 0 spiro atoms. The Labute approximate surface area is 200 Å². The molecule has 0 atom stereocenters. The Morgan fingerprint density at radius 3 is 2.15 bits per heavy atom. The normalized spacial score (nSPS) is 12.9. The number of nitrogens with zero attached hydrogens (tertiary/aromatic N) is 3. The zero-order chi connectivity index (χ0) is 24.5. The van der Waals surface area contributed by atoms with Crippen LogP contribution in [0.25, 0.3) is 10.8 Å². The van der Waals surface area contributed by atoms with Crippen molar-refractivity contribution >= 4 is 44.3 Å². The minimum Gasteiger partial charge on any atom is -0.744 e. The number of hydrogen-bond donors (Lipinski definition) is 0. The number of aryl methyl sites for hydroxylation is 2. The summed E-state index contributed by atoms with van der Waals surface area (Å²) in [7, 11) is -4.27. The molecule has 0 bridgehead atoms. The molecule has 1 aromatic heterocycles. The van der Waals surface area contributed by atoms with Crippen molar-refractivity contribution in [3.63, 3.8) is 0 Å². The molecule has 5 rings (SSSR count). The van der Waals surface area contributed by atoms with E-state index >= 15 is 0 Å². The second kappa shape index (κ2) is 9.37. The molecule has 34 heavy (non-hydrogen) atoms. The second-order valence-corrected chi connectivity index (χ2v) is 9.89. The predicted octanol–water partition coefficient (Wildman–Crippen LogP) is 5.67. The summed E-state index contributed by atoms with van der Waals surface area (Å²) in [6.45, 7) is 8.32. The van der Waals surface area contributed by atoms with Gasteiger partial charge in [-0.2, -0.15) is 4.90 Å². The van der Waals surface area contributed by atoms with Gasteiger partial charge in [-0.1, -0.05) is 42.0 Å². The molecule has 3 aromatic carbocycles. The lowest BCUT2D eigenvalue weighted by Crippen LogP contribution is -2.30. The molecule has 0 fully saturated rings. The Balaban J connectivity index is 0.000000210. The third-order valence-corrected chi connectivity index (χ3v) is 6.59. The first-order valence-corrected chi connectivity index (χ1v) is 12.5. The van der Waals surface area contributed by atoms with Crippen molar-refractivity contribution in [2.75, 3.05) is 4.90 Å². The zero-order valence-corrected chi connectivity index (χ0v) is 20.5. The molecule has 4 aromatic rings. The van der Waals surface area contributed by atoms with Gasteiger partial charge < -0.3 is 4.55 Å². The van der Waals surface area contributed by atoms with Gasteiger partial charge in [0.2, 0.25) is 6.34 Å². The zero-order valence-electron chi connectivity index (χ0n) is 19.6. The fourth-order valence-electron chi connectivity index (χ4n) is 4.01. The van der Waals surface area contributed by atoms with E-state index in [2.05, 4.69) is 84.0 Å². The second-order valence-electron chi connectivity index (χ2n) is 8.51. The van der Waals surface area contributed by atoms with E-state index in [1.807, 2.05) is 19.2 Å². The first-order chi connectivity index (χ1) is 16.2. The molecular formula is C27H27N3O3S.